The average Bonchev–Trinajstić information content (AvgIpc) is 2.91. The third-order valence-electron chi connectivity index (χ3n) is 3.70. The minimum Gasteiger partial charge on any atom is -0.464 e. The molecule has 1 heterocycles. The van der Waals surface area contributed by atoms with Crippen molar-refractivity contribution in [2.75, 3.05) is 13.2 Å². The summed E-state index contributed by atoms with van der Waals surface area (Å²) in [6.45, 7) is 1.47. The molecule has 126 valence electrons. The van der Waals surface area contributed by atoms with Gasteiger partial charge in [-0.3, -0.25) is 4.79 Å². The van der Waals surface area contributed by atoms with Gasteiger partial charge in [0, 0.05) is 16.0 Å². The summed E-state index contributed by atoms with van der Waals surface area (Å²) in [6, 6.07) is 6.08. The monoisotopic (exact) mass is 441 g/mol. The van der Waals surface area contributed by atoms with Crippen LogP contribution in [0, 0.1) is 3.57 Å². The minimum absolute atomic E-state index is 0.0532. The SMILES string of the molecule is CCOC(=O)[C@@H]1C[C@@H](c2ccc(I)cc2)CN1C(=O)C(F)(F)F. The maximum atomic E-state index is 12.8. The number of esters is 1. The second-order valence-corrected chi connectivity index (χ2v) is 6.45. The summed E-state index contributed by atoms with van der Waals surface area (Å²) in [7, 11) is 0. The molecule has 2 atom stereocenters. The largest absolute Gasteiger partial charge is 0.471 e. The number of nitrogens with zero attached hydrogens (tertiary/aromatic N) is 1. The third-order valence-corrected chi connectivity index (χ3v) is 4.42. The highest BCUT2D eigenvalue weighted by Gasteiger charge is 2.50. The Kier molecular flexibility index (Phi) is 5.53. The van der Waals surface area contributed by atoms with Gasteiger partial charge in [0.15, 0.2) is 0 Å². The molecular weight excluding hydrogens is 426 g/mol. The van der Waals surface area contributed by atoms with E-state index in [2.05, 4.69) is 22.6 Å². The van der Waals surface area contributed by atoms with Crippen molar-refractivity contribution in [2.24, 2.45) is 0 Å². The number of amides is 1. The highest BCUT2D eigenvalue weighted by atomic mass is 127. The van der Waals surface area contributed by atoms with Gasteiger partial charge in [0.05, 0.1) is 6.61 Å². The lowest BCUT2D eigenvalue weighted by molar-refractivity contribution is -0.188. The first-order valence-electron chi connectivity index (χ1n) is 7.04. The van der Waals surface area contributed by atoms with E-state index in [-0.39, 0.29) is 25.5 Å². The van der Waals surface area contributed by atoms with Gasteiger partial charge in [-0.25, -0.2) is 4.79 Å². The number of carbonyl (C=O) groups is 2. The maximum absolute atomic E-state index is 12.8. The second-order valence-electron chi connectivity index (χ2n) is 5.21. The molecule has 0 saturated carbocycles. The normalized spacial score (nSPS) is 21.3. The Bertz CT molecular complexity index is 589. The molecule has 0 N–H and O–H groups in total. The first-order chi connectivity index (χ1) is 10.7. The minimum atomic E-state index is -5.01. The average molecular weight is 441 g/mol. The lowest BCUT2D eigenvalue weighted by atomic mass is 9.96. The number of hydrogen-bond acceptors (Lipinski definition) is 3. The zero-order valence-electron chi connectivity index (χ0n) is 12.3. The van der Waals surface area contributed by atoms with Crippen LogP contribution in [0.5, 0.6) is 0 Å². The summed E-state index contributed by atoms with van der Waals surface area (Å²) in [5, 5.41) is 0. The molecule has 8 heteroatoms. The van der Waals surface area contributed by atoms with Gasteiger partial charge in [0.2, 0.25) is 0 Å². The fourth-order valence-corrected chi connectivity index (χ4v) is 3.02. The van der Waals surface area contributed by atoms with E-state index in [4.69, 9.17) is 4.74 Å². The van der Waals surface area contributed by atoms with E-state index in [1.807, 2.05) is 12.1 Å². The van der Waals surface area contributed by atoms with E-state index in [0.29, 0.717) is 4.90 Å². The van der Waals surface area contributed by atoms with Gasteiger partial charge in [-0.1, -0.05) is 12.1 Å². The van der Waals surface area contributed by atoms with E-state index in [1.165, 1.54) is 0 Å². The number of carbonyl (C=O) groups excluding carboxylic acids is 2. The van der Waals surface area contributed by atoms with Crippen LogP contribution < -0.4 is 0 Å². The Morgan fingerprint density at radius 2 is 1.91 bits per heavy atom. The molecule has 0 spiro atoms. The van der Waals surface area contributed by atoms with E-state index >= 15 is 0 Å². The first-order valence-corrected chi connectivity index (χ1v) is 8.11. The van der Waals surface area contributed by atoms with Gasteiger partial charge in [0.1, 0.15) is 6.04 Å². The zero-order valence-corrected chi connectivity index (χ0v) is 14.4. The van der Waals surface area contributed by atoms with Gasteiger partial charge in [-0.2, -0.15) is 13.2 Å². The number of benzene rings is 1. The summed E-state index contributed by atoms with van der Waals surface area (Å²) in [5.41, 5.74) is 0.803. The van der Waals surface area contributed by atoms with Crippen molar-refractivity contribution in [3.8, 4) is 0 Å². The molecule has 1 fully saturated rings. The van der Waals surface area contributed by atoms with Crippen molar-refractivity contribution in [2.45, 2.75) is 31.5 Å². The number of hydrogen-bond donors (Lipinski definition) is 0. The second kappa shape index (κ2) is 7.06. The number of rotatable bonds is 3. The molecule has 2 rings (SSSR count). The quantitative estimate of drug-likeness (QED) is 0.535. The Labute approximate surface area is 145 Å². The van der Waals surface area contributed by atoms with Crippen LogP contribution >= 0.6 is 22.6 Å². The molecule has 1 amide bonds. The molecular formula is C15H15F3INO3. The lowest BCUT2D eigenvalue weighted by Gasteiger charge is -2.23. The molecule has 1 aliphatic rings. The Morgan fingerprint density at radius 1 is 1.30 bits per heavy atom. The molecule has 1 saturated heterocycles. The van der Waals surface area contributed by atoms with Crippen LogP contribution in [-0.4, -0.2) is 42.1 Å². The Morgan fingerprint density at radius 3 is 2.43 bits per heavy atom. The predicted octanol–water partition coefficient (Wildman–Crippen LogP) is 3.10. The summed E-state index contributed by atoms with van der Waals surface area (Å²) >= 11 is 2.12. The highest BCUT2D eigenvalue weighted by Crippen LogP contribution is 2.35. The van der Waals surface area contributed by atoms with Gasteiger partial charge in [0.25, 0.3) is 0 Å². The van der Waals surface area contributed by atoms with Crippen LogP contribution in [0.15, 0.2) is 24.3 Å². The molecule has 1 aromatic rings. The zero-order chi connectivity index (χ0) is 17.2. The van der Waals surface area contributed by atoms with Crippen molar-refractivity contribution in [3.63, 3.8) is 0 Å². The summed E-state index contributed by atoms with van der Waals surface area (Å²) in [6.07, 6.45) is -4.88. The molecule has 0 unspecified atom stereocenters. The Balaban J connectivity index is 2.25. The molecule has 23 heavy (non-hydrogen) atoms. The van der Waals surface area contributed by atoms with Crippen LogP contribution in [0.2, 0.25) is 0 Å². The van der Waals surface area contributed by atoms with E-state index in [9.17, 15) is 22.8 Å². The summed E-state index contributed by atoms with van der Waals surface area (Å²) in [5.74, 6) is -3.12. The van der Waals surface area contributed by atoms with Crippen molar-refractivity contribution < 1.29 is 27.5 Å². The highest BCUT2D eigenvalue weighted by molar-refractivity contribution is 14.1. The summed E-state index contributed by atoms with van der Waals surface area (Å²) < 4.78 is 44.1. The molecule has 0 aromatic heterocycles. The number of halogens is 4. The van der Waals surface area contributed by atoms with Crippen LogP contribution in [0.25, 0.3) is 0 Å². The van der Waals surface area contributed by atoms with Crippen LogP contribution in [0.1, 0.15) is 24.8 Å². The molecule has 1 aromatic carbocycles. The Hall–Kier alpha value is -1.32. The van der Waals surface area contributed by atoms with E-state index < -0.39 is 24.1 Å². The van der Waals surface area contributed by atoms with Crippen molar-refractivity contribution >= 4 is 34.5 Å². The fraction of sp³-hybridized carbons (Fsp3) is 0.467. The molecule has 1 aliphatic heterocycles. The molecule has 0 radical (unpaired) electrons. The number of ether oxygens (including phenoxy) is 1. The molecule has 0 aliphatic carbocycles. The summed E-state index contributed by atoms with van der Waals surface area (Å²) in [4.78, 5) is 24.1. The smallest absolute Gasteiger partial charge is 0.464 e. The first kappa shape index (κ1) is 18.0. The van der Waals surface area contributed by atoms with Gasteiger partial charge in [-0.05, 0) is 53.6 Å². The molecule has 4 nitrogen and oxygen atoms in total. The number of likely N-dealkylation sites (tertiary alicyclic amines) is 1. The van der Waals surface area contributed by atoms with Gasteiger partial charge >= 0.3 is 18.1 Å². The van der Waals surface area contributed by atoms with E-state index in [1.54, 1.807) is 19.1 Å². The predicted molar refractivity (Wildman–Crippen MR) is 84.7 cm³/mol. The van der Waals surface area contributed by atoms with Gasteiger partial charge < -0.3 is 9.64 Å². The standard InChI is InChI=1S/C15H15F3INO3/c1-2-23-13(21)12-7-10(9-3-5-11(19)6-4-9)8-20(12)14(22)15(16,17)18/h3-6,10,12H,2,7-8H2,1H3/t10-,12+/m1/s1. The van der Waals surface area contributed by atoms with Crippen molar-refractivity contribution in [3.05, 3.63) is 33.4 Å². The fourth-order valence-electron chi connectivity index (χ4n) is 2.66. The van der Waals surface area contributed by atoms with Crippen molar-refractivity contribution in [1.82, 2.24) is 4.90 Å². The van der Waals surface area contributed by atoms with E-state index in [0.717, 1.165) is 9.13 Å². The van der Waals surface area contributed by atoms with Crippen LogP contribution in [0.3, 0.4) is 0 Å². The van der Waals surface area contributed by atoms with Crippen LogP contribution in [0.4, 0.5) is 13.2 Å². The van der Waals surface area contributed by atoms with Crippen molar-refractivity contribution in [1.29, 1.82) is 0 Å². The third kappa shape index (κ3) is 4.15. The number of alkyl halides is 3. The topological polar surface area (TPSA) is 46.6 Å². The van der Waals surface area contributed by atoms with Gasteiger partial charge in [-0.15, -0.1) is 0 Å². The molecule has 0 bridgehead atoms. The van der Waals surface area contributed by atoms with Crippen LogP contribution in [-0.2, 0) is 14.3 Å². The lowest BCUT2D eigenvalue weighted by Crippen LogP contribution is -2.47. The maximum Gasteiger partial charge on any atom is 0.471 e.